The Labute approximate surface area is 154 Å². The number of carbonyl (C=O) groups is 1. The van der Waals surface area contributed by atoms with Gasteiger partial charge in [-0.25, -0.2) is 4.68 Å². The number of benzene rings is 1. The number of hydrogen-bond donors (Lipinski definition) is 1. The summed E-state index contributed by atoms with van der Waals surface area (Å²) in [6.07, 6.45) is 2.96. The molecular formula is C19H20N4O2S. The van der Waals surface area contributed by atoms with Gasteiger partial charge in [0.05, 0.1) is 5.39 Å². The van der Waals surface area contributed by atoms with Crippen LogP contribution < -0.4 is 10.9 Å². The number of nitrogens with zero attached hydrogens (tertiary/aromatic N) is 3. The molecule has 0 saturated heterocycles. The van der Waals surface area contributed by atoms with E-state index < -0.39 is 0 Å². The Morgan fingerprint density at radius 2 is 2.19 bits per heavy atom. The molecule has 0 unspecified atom stereocenters. The minimum atomic E-state index is -0.284. The molecule has 4 rings (SSSR count). The molecule has 1 amide bonds. The van der Waals surface area contributed by atoms with Crippen LogP contribution in [0.2, 0.25) is 0 Å². The number of rotatable bonds is 3. The molecule has 0 saturated carbocycles. The number of hydrogen-bond acceptors (Lipinski definition) is 5. The van der Waals surface area contributed by atoms with Crippen LogP contribution in [-0.4, -0.2) is 20.9 Å². The Balaban J connectivity index is 1.63. The van der Waals surface area contributed by atoms with Gasteiger partial charge in [-0.3, -0.25) is 9.59 Å². The normalized spacial score (nSPS) is 16.5. The number of para-hydroxylation sites is 1. The number of carbonyl (C=O) groups excluding carboxylic acids is 1. The molecule has 26 heavy (non-hydrogen) atoms. The van der Waals surface area contributed by atoms with Crippen LogP contribution in [0.4, 0.5) is 5.69 Å². The average molecular weight is 368 g/mol. The van der Waals surface area contributed by atoms with E-state index in [4.69, 9.17) is 0 Å². The van der Waals surface area contributed by atoms with Gasteiger partial charge >= 0.3 is 0 Å². The third kappa shape index (κ3) is 3.03. The smallest absolute Gasteiger partial charge is 0.279 e. The lowest BCUT2D eigenvalue weighted by Gasteiger charge is -2.17. The molecule has 1 aliphatic carbocycles. The van der Waals surface area contributed by atoms with Crippen LogP contribution in [0, 0.1) is 12.8 Å². The van der Waals surface area contributed by atoms with E-state index in [-0.39, 0.29) is 18.0 Å². The molecule has 3 aromatic rings. The van der Waals surface area contributed by atoms with Crippen LogP contribution in [0.5, 0.6) is 0 Å². The van der Waals surface area contributed by atoms with Crippen LogP contribution in [-0.2, 0) is 24.2 Å². The summed E-state index contributed by atoms with van der Waals surface area (Å²) >= 11 is 1.56. The summed E-state index contributed by atoms with van der Waals surface area (Å²) in [6.45, 7) is 4.01. The maximum absolute atomic E-state index is 12.9. The SMILES string of the molecule is Cc1ccccc1NC(=O)Cn1nnc2sc3c(c2c1=O)CC[C@@H](C)C3. The second-order valence-electron chi connectivity index (χ2n) is 6.95. The zero-order valence-corrected chi connectivity index (χ0v) is 15.6. The molecule has 0 spiro atoms. The van der Waals surface area contributed by atoms with Gasteiger partial charge in [0.1, 0.15) is 6.54 Å². The van der Waals surface area contributed by atoms with E-state index in [1.165, 1.54) is 9.56 Å². The van der Waals surface area contributed by atoms with E-state index in [0.29, 0.717) is 16.1 Å². The van der Waals surface area contributed by atoms with Gasteiger partial charge in [0.2, 0.25) is 5.91 Å². The zero-order chi connectivity index (χ0) is 18.3. The number of anilines is 1. The van der Waals surface area contributed by atoms with Crippen LogP contribution >= 0.6 is 11.3 Å². The van der Waals surface area contributed by atoms with Crippen molar-refractivity contribution in [2.45, 2.75) is 39.7 Å². The molecule has 0 aliphatic heterocycles. The Morgan fingerprint density at radius 3 is 3.00 bits per heavy atom. The van der Waals surface area contributed by atoms with E-state index in [2.05, 4.69) is 22.6 Å². The lowest BCUT2D eigenvalue weighted by atomic mass is 9.89. The molecule has 0 bridgehead atoms. The van der Waals surface area contributed by atoms with Gasteiger partial charge in [-0.2, -0.15) is 0 Å². The van der Waals surface area contributed by atoms with Gasteiger partial charge in [0.25, 0.3) is 5.56 Å². The highest BCUT2D eigenvalue weighted by atomic mass is 32.1. The summed E-state index contributed by atoms with van der Waals surface area (Å²) in [5.74, 6) is 0.346. The minimum Gasteiger partial charge on any atom is -0.324 e. The van der Waals surface area contributed by atoms with Crippen LogP contribution in [0.15, 0.2) is 29.1 Å². The highest BCUT2D eigenvalue weighted by Gasteiger charge is 2.24. The fraction of sp³-hybridized carbons (Fsp3) is 0.368. The molecule has 1 aromatic carbocycles. The molecule has 1 atom stereocenters. The van der Waals surface area contributed by atoms with Crippen molar-refractivity contribution in [1.82, 2.24) is 15.0 Å². The summed E-state index contributed by atoms with van der Waals surface area (Å²) < 4.78 is 1.17. The van der Waals surface area contributed by atoms with Crippen molar-refractivity contribution in [2.24, 2.45) is 5.92 Å². The maximum atomic E-state index is 12.9. The second kappa shape index (κ2) is 6.64. The first-order valence-electron chi connectivity index (χ1n) is 8.76. The first kappa shape index (κ1) is 16.9. The monoisotopic (exact) mass is 368 g/mol. The predicted octanol–water partition coefficient (Wildman–Crippen LogP) is 2.92. The van der Waals surface area contributed by atoms with Gasteiger partial charge < -0.3 is 5.32 Å². The van der Waals surface area contributed by atoms with E-state index in [1.807, 2.05) is 31.2 Å². The second-order valence-corrected chi connectivity index (χ2v) is 8.03. The van der Waals surface area contributed by atoms with Crippen LogP contribution in [0.1, 0.15) is 29.3 Å². The Kier molecular flexibility index (Phi) is 4.32. The molecule has 6 nitrogen and oxygen atoms in total. The van der Waals surface area contributed by atoms with E-state index in [0.717, 1.165) is 36.1 Å². The van der Waals surface area contributed by atoms with Gasteiger partial charge in [0.15, 0.2) is 4.83 Å². The fourth-order valence-corrected chi connectivity index (χ4v) is 4.75. The number of fused-ring (bicyclic) bond motifs is 3. The third-order valence-electron chi connectivity index (χ3n) is 4.90. The number of nitrogens with one attached hydrogen (secondary N) is 1. The van der Waals surface area contributed by atoms with Crippen molar-refractivity contribution in [1.29, 1.82) is 0 Å². The van der Waals surface area contributed by atoms with Crippen LogP contribution in [0.25, 0.3) is 10.2 Å². The summed E-state index contributed by atoms with van der Waals surface area (Å²) in [4.78, 5) is 27.2. The molecule has 2 heterocycles. The number of thiophene rings is 1. The third-order valence-corrected chi connectivity index (χ3v) is 6.04. The molecule has 0 radical (unpaired) electrons. The van der Waals surface area contributed by atoms with Gasteiger partial charge in [0, 0.05) is 10.6 Å². The molecular weight excluding hydrogens is 348 g/mol. The van der Waals surface area contributed by atoms with E-state index in [1.54, 1.807) is 11.3 Å². The van der Waals surface area contributed by atoms with Crippen molar-refractivity contribution in [3.8, 4) is 0 Å². The quantitative estimate of drug-likeness (QED) is 0.771. The summed E-state index contributed by atoms with van der Waals surface area (Å²) in [5, 5.41) is 11.7. The molecule has 134 valence electrons. The number of aryl methyl sites for hydroxylation is 2. The first-order valence-corrected chi connectivity index (χ1v) is 9.58. The standard InChI is InChI=1S/C19H20N4O2S/c1-11-7-8-13-15(9-11)26-18-17(13)19(25)23(22-21-18)10-16(24)20-14-6-4-3-5-12(14)2/h3-6,11H,7-10H2,1-2H3,(H,20,24)/t11-/m1/s1. The maximum Gasteiger partial charge on any atom is 0.279 e. The molecule has 1 N–H and O–H groups in total. The summed E-state index contributed by atoms with van der Waals surface area (Å²) in [7, 11) is 0. The Bertz CT molecular complexity index is 1050. The lowest BCUT2D eigenvalue weighted by molar-refractivity contribution is -0.117. The number of aromatic nitrogens is 3. The molecule has 2 aromatic heterocycles. The minimum absolute atomic E-state index is 0.142. The van der Waals surface area contributed by atoms with Gasteiger partial charge in [-0.15, -0.1) is 16.4 Å². The first-order chi connectivity index (χ1) is 12.5. The molecule has 1 aliphatic rings. The molecule has 7 heteroatoms. The van der Waals surface area contributed by atoms with Gasteiger partial charge in [-0.05, 0) is 49.3 Å². The highest BCUT2D eigenvalue weighted by molar-refractivity contribution is 7.18. The van der Waals surface area contributed by atoms with Crippen molar-refractivity contribution in [3.63, 3.8) is 0 Å². The van der Waals surface area contributed by atoms with Crippen molar-refractivity contribution >= 4 is 33.1 Å². The Hall–Kier alpha value is -2.54. The van der Waals surface area contributed by atoms with Crippen molar-refractivity contribution in [2.75, 3.05) is 5.32 Å². The van der Waals surface area contributed by atoms with Crippen LogP contribution in [0.3, 0.4) is 0 Å². The predicted molar refractivity (Wildman–Crippen MR) is 103 cm³/mol. The van der Waals surface area contributed by atoms with Crippen molar-refractivity contribution in [3.05, 3.63) is 50.6 Å². The fourth-order valence-electron chi connectivity index (χ4n) is 3.43. The topological polar surface area (TPSA) is 76.9 Å². The average Bonchev–Trinajstić information content (AvgIpc) is 2.97. The van der Waals surface area contributed by atoms with E-state index in [9.17, 15) is 9.59 Å². The number of amides is 1. The summed E-state index contributed by atoms with van der Waals surface area (Å²) in [5.41, 5.74) is 2.59. The highest BCUT2D eigenvalue weighted by Crippen LogP contribution is 2.35. The largest absolute Gasteiger partial charge is 0.324 e. The van der Waals surface area contributed by atoms with Crippen molar-refractivity contribution < 1.29 is 4.79 Å². The van der Waals surface area contributed by atoms with Gasteiger partial charge in [-0.1, -0.05) is 30.3 Å². The summed E-state index contributed by atoms with van der Waals surface area (Å²) in [6, 6.07) is 7.53. The Morgan fingerprint density at radius 1 is 1.38 bits per heavy atom. The molecule has 0 fully saturated rings. The van der Waals surface area contributed by atoms with E-state index >= 15 is 0 Å². The zero-order valence-electron chi connectivity index (χ0n) is 14.8. The lowest BCUT2D eigenvalue weighted by Crippen LogP contribution is -2.30.